The van der Waals surface area contributed by atoms with Gasteiger partial charge in [0.15, 0.2) is 0 Å². The number of hydrogen-bond donors (Lipinski definition) is 0. The van der Waals surface area contributed by atoms with E-state index in [0.717, 1.165) is 64.2 Å². The third kappa shape index (κ3) is 4.15. The molecule has 2 aliphatic heterocycles. The topological polar surface area (TPSA) is 45.9 Å². The zero-order valence-corrected chi connectivity index (χ0v) is 14.1. The lowest BCUT2D eigenvalue weighted by Crippen LogP contribution is -2.45. The molecule has 1 atom stereocenters. The average Bonchev–Trinajstić information content (AvgIpc) is 3.24. The predicted molar refractivity (Wildman–Crippen MR) is 87.9 cm³/mol. The predicted octanol–water partition coefficient (Wildman–Crippen LogP) is 2.52. The molecule has 0 bridgehead atoms. The summed E-state index contributed by atoms with van der Waals surface area (Å²) in [6.07, 6.45) is 5.83. The molecule has 0 aromatic carbocycles. The number of piperidine rings is 1. The van der Waals surface area contributed by atoms with E-state index in [0.29, 0.717) is 18.6 Å². The molecule has 0 unspecified atom stereocenters. The van der Waals surface area contributed by atoms with Crippen LogP contribution in [0.4, 0.5) is 0 Å². The van der Waals surface area contributed by atoms with Gasteiger partial charge in [0.1, 0.15) is 5.76 Å². The van der Waals surface area contributed by atoms with Crippen LogP contribution >= 0.6 is 0 Å². The lowest BCUT2D eigenvalue weighted by molar-refractivity contribution is -0.139. The van der Waals surface area contributed by atoms with E-state index in [1.165, 1.54) is 0 Å². The van der Waals surface area contributed by atoms with Crippen molar-refractivity contribution in [2.24, 2.45) is 5.92 Å². The highest BCUT2D eigenvalue weighted by Crippen LogP contribution is 2.26. The van der Waals surface area contributed by atoms with Gasteiger partial charge in [0, 0.05) is 19.1 Å². The summed E-state index contributed by atoms with van der Waals surface area (Å²) in [6.45, 7) is 7.13. The first-order valence-corrected chi connectivity index (χ1v) is 8.91. The zero-order chi connectivity index (χ0) is 16.1. The molecule has 1 aromatic rings. The van der Waals surface area contributed by atoms with E-state index in [1.807, 2.05) is 19.1 Å². The van der Waals surface area contributed by atoms with Crippen molar-refractivity contribution in [1.82, 2.24) is 9.80 Å². The van der Waals surface area contributed by atoms with Gasteiger partial charge < -0.3 is 14.1 Å². The highest BCUT2D eigenvalue weighted by atomic mass is 16.5. The summed E-state index contributed by atoms with van der Waals surface area (Å²) < 4.78 is 11.0. The van der Waals surface area contributed by atoms with Crippen LogP contribution in [0.1, 0.15) is 38.4 Å². The van der Waals surface area contributed by atoms with Gasteiger partial charge in [-0.05, 0) is 57.8 Å². The molecule has 2 fully saturated rings. The second-order valence-corrected chi connectivity index (χ2v) is 6.62. The number of ether oxygens (including phenoxy) is 1. The Hall–Kier alpha value is -1.33. The maximum absolute atomic E-state index is 12.8. The van der Waals surface area contributed by atoms with Gasteiger partial charge in [-0.2, -0.15) is 0 Å². The summed E-state index contributed by atoms with van der Waals surface area (Å²) in [5.41, 5.74) is 0. The number of rotatable bonds is 6. The Balaban J connectivity index is 1.47. The molecule has 3 rings (SSSR count). The Morgan fingerprint density at radius 1 is 1.30 bits per heavy atom. The second-order valence-electron chi connectivity index (χ2n) is 6.62. The van der Waals surface area contributed by atoms with Crippen LogP contribution in [0.3, 0.4) is 0 Å². The second kappa shape index (κ2) is 7.97. The van der Waals surface area contributed by atoms with Crippen LogP contribution in [0.15, 0.2) is 22.8 Å². The molecular formula is C18H28N2O3. The lowest BCUT2D eigenvalue weighted by Gasteiger charge is -2.34. The highest BCUT2D eigenvalue weighted by Gasteiger charge is 2.34. The van der Waals surface area contributed by atoms with E-state index in [1.54, 1.807) is 6.26 Å². The van der Waals surface area contributed by atoms with E-state index in [4.69, 9.17) is 9.15 Å². The van der Waals surface area contributed by atoms with Gasteiger partial charge >= 0.3 is 0 Å². The van der Waals surface area contributed by atoms with Gasteiger partial charge in [-0.25, -0.2) is 0 Å². The maximum Gasteiger partial charge on any atom is 0.226 e. The minimum absolute atomic E-state index is 0.185. The molecule has 2 aliphatic rings. The summed E-state index contributed by atoms with van der Waals surface area (Å²) in [5, 5.41) is 0. The van der Waals surface area contributed by atoms with Gasteiger partial charge in [-0.3, -0.25) is 9.69 Å². The fraction of sp³-hybridized carbons (Fsp3) is 0.722. The minimum atomic E-state index is 0.185. The van der Waals surface area contributed by atoms with E-state index >= 15 is 0 Å². The van der Waals surface area contributed by atoms with Gasteiger partial charge in [-0.1, -0.05) is 0 Å². The summed E-state index contributed by atoms with van der Waals surface area (Å²) >= 11 is 0. The normalized spacial score (nSPS) is 23.5. The Bertz CT molecular complexity index is 480. The number of nitrogens with zero attached hydrogens (tertiary/aromatic N) is 2. The van der Waals surface area contributed by atoms with Gasteiger partial charge in [-0.15, -0.1) is 0 Å². The van der Waals surface area contributed by atoms with Gasteiger partial charge in [0.25, 0.3) is 0 Å². The Labute approximate surface area is 138 Å². The number of likely N-dealkylation sites (tertiary alicyclic amines) is 2. The molecule has 5 nitrogen and oxygen atoms in total. The molecule has 5 heteroatoms. The first-order chi connectivity index (χ1) is 11.3. The van der Waals surface area contributed by atoms with Crippen molar-refractivity contribution < 1.29 is 13.9 Å². The molecule has 1 amide bonds. The van der Waals surface area contributed by atoms with Crippen molar-refractivity contribution in [3.05, 3.63) is 24.2 Å². The smallest absolute Gasteiger partial charge is 0.226 e. The average molecular weight is 320 g/mol. The van der Waals surface area contributed by atoms with Crippen LogP contribution in [-0.2, 0) is 16.1 Å². The van der Waals surface area contributed by atoms with Crippen LogP contribution in [0.5, 0.6) is 0 Å². The largest absolute Gasteiger partial charge is 0.468 e. The molecule has 1 aromatic heterocycles. The summed E-state index contributed by atoms with van der Waals surface area (Å²) in [5.74, 6) is 1.54. The van der Waals surface area contributed by atoms with Crippen molar-refractivity contribution in [3.8, 4) is 0 Å². The fourth-order valence-corrected chi connectivity index (χ4v) is 3.75. The van der Waals surface area contributed by atoms with Crippen molar-refractivity contribution in [3.63, 3.8) is 0 Å². The van der Waals surface area contributed by atoms with Crippen LogP contribution < -0.4 is 0 Å². The number of furan rings is 1. The molecule has 0 saturated carbocycles. The summed E-state index contributed by atoms with van der Waals surface area (Å²) in [4.78, 5) is 17.3. The number of hydrogen-bond acceptors (Lipinski definition) is 4. The van der Waals surface area contributed by atoms with Crippen molar-refractivity contribution in [2.45, 2.75) is 45.2 Å². The van der Waals surface area contributed by atoms with Gasteiger partial charge in [0.2, 0.25) is 5.91 Å². The molecule has 0 spiro atoms. The SMILES string of the molecule is CCOC[C@H]1CCCN1C(=O)C1CCN(Cc2ccco2)CC1. The first kappa shape index (κ1) is 16.5. The monoisotopic (exact) mass is 320 g/mol. The quantitative estimate of drug-likeness (QED) is 0.808. The molecule has 0 aliphatic carbocycles. The molecule has 3 heterocycles. The van der Waals surface area contributed by atoms with E-state index in [-0.39, 0.29) is 5.92 Å². The number of carbonyl (C=O) groups is 1. The molecule has 2 saturated heterocycles. The van der Waals surface area contributed by atoms with E-state index in [9.17, 15) is 4.79 Å². The van der Waals surface area contributed by atoms with Crippen LogP contribution in [0.25, 0.3) is 0 Å². The fourth-order valence-electron chi connectivity index (χ4n) is 3.75. The summed E-state index contributed by atoms with van der Waals surface area (Å²) in [7, 11) is 0. The minimum Gasteiger partial charge on any atom is -0.468 e. The number of carbonyl (C=O) groups excluding carboxylic acids is 1. The van der Waals surface area contributed by atoms with Crippen molar-refractivity contribution in [2.75, 3.05) is 32.8 Å². The molecule has 0 N–H and O–H groups in total. The Morgan fingerprint density at radius 2 is 2.13 bits per heavy atom. The van der Waals surface area contributed by atoms with Gasteiger partial charge in [0.05, 0.1) is 25.5 Å². The maximum atomic E-state index is 12.8. The highest BCUT2D eigenvalue weighted by molar-refractivity contribution is 5.79. The Kier molecular flexibility index (Phi) is 5.73. The van der Waals surface area contributed by atoms with Crippen LogP contribution in [-0.4, -0.2) is 54.6 Å². The lowest BCUT2D eigenvalue weighted by atomic mass is 9.95. The van der Waals surface area contributed by atoms with Crippen LogP contribution in [0, 0.1) is 5.92 Å². The molecule has 0 radical (unpaired) electrons. The Morgan fingerprint density at radius 3 is 2.83 bits per heavy atom. The first-order valence-electron chi connectivity index (χ1n) is 8.91. The third-order valence-corrected chi connectivity index (χ3v) is 5.07. The number of amides is 1. The summed E-state index contributed by atoms with van der Waals surface area (Å²) in [6, 6.07) is 4.24. The standard InChI is InChI=1S/C18H28N2O3/c1-2-22-14-16-5-3-9-20(16)18(21)15-7-10-19(11-8-15)13-17-6-4-12-23-17/h4,6,12,15-16H,2-3,5,7-11,13-14H2,1H3/t16-/m1/s1. The van der Waals surface area contributed by atoms with Crippen molar-refractivity contribution in [1.29, 1.82) is 0 Å². The molecule has 128 valence electrons. The molecular weight excluding hydrogens is 292 g/mol. The van der Waals surface area contributed by atoms with E-state index < -0.39 is 0 Å². The third-order valence-electron chi connectivity index (χ3n) is 5.07. The van der Waals surface area contributed by atoms with E-state index in [2.05, 4.69) is 9.80 Å². The zero-order valence-electron chi connectivity index (χ0n) is 14.1. The van der Waals surface area contributed by atoms with Crippen LogP contribution in [0.2, 0.25) is 0 Å². The van der Waals surface area contributed by atoms with Crippen molar-refractivity contribution >= 4 is 5.91 Å². The molecule has 23 heavy (non-hydrogen) atoms.